The molecule has 0 saturated carbocycles. The van der Waals surface area contributed by atoms with Crippen LogP contribution >= 0.6 is 31.9 Å². The number of hydrogen-bond donors (Lipinski definition) is 0. The molecular formula is C14H28Br2. The van der Waals surface area contributed by atoms with Crippen molar-refractivity contribution in [3.63, 3.8) is 0 Å². The van der Waals surface area contributed by atoms with Crippen molar-refractivity contribution in [2.75, 3.05) is 0 Å². The highest BCUT2D eigenvalue weighted by Crippen LogP contribution is 2.19. The van der Waals surface area contributed by atoms with Gasteiger partial charge in [0.15, 0.2) is 0 Å². The first-order valence-corrected chi connectivity index (χ1v) is 8.81. The van der Waals surface area contributed by atoms with E-state index in [1.807, 2.05) is 0 Å². The molecule has 0 aromatic rings. The number of halogens is 2. The second-order valence-corrected chi connectivity index (χ2v) is 7.33. The molecule has 0 heterocycles. The van der Waals surface area contributed by atoms with Crippen LogP contribution in [0.3, 0.4) is 0 Å². The van der Waals surface area contributed by atoms with Gasteiger partial charge >= 0.3 is 0 Å². The van der Waals surface area contributed by atoms with Crippen molar-refractivity contribution in [1.29, 1.82) is 0 Å². The molecule has 0 spiro atoms. The summed E-state index contributed by atoms with van der Waals surface area (Å²) in [5.41, 5.74) is 0. The third-order valence-electron chi connectivity index (χ3n) is 3.10. The molecule has 0 amide bonds. The van der Waals surface area contributed by atoms with Gasteiger partial charge in [0.1, 0.15) is 0 Å². The van der Waals surface area contributed by atoms with Crippen molar-refractivity contribution in [3.8, 4) is 0 Å². The SMILES string of the molecule is CCCCCC(Br)CCCCCC(Br)CC. The van der Waals surface area contributed by atoms with Crippen LogP contribution < -0.4 is 0 Å². The van der Waals surface area contributed by atoms with Crippen molar-refractivity contribution in [2.24, 2.45) is 0 Å². The predicted molar refractivity (Wildman–Crippen MR) is 82.9 cm³/mol. The standard InChI is InChI=1S/C14H28Br2/c1-3-5-7-11-14(16)12-9-6-8-10-13(15)4-2/h13-14H,3-12H2,1-2H3. The van der Waals surface area contributed by atoms with Gasteiger partial charge in [0, 0.05) is 9.65 Å². The molecule has 0 radical (unpaired) electrons. The Morgan fingerprint density at radius 3 is 1.69 bits per heavy atom. The second kappa shape index (κ2) is 12.4. The van der Waals surface area contributed by atoms with Gasteiger partial charge in [0.2, 0.25) is 0 Å². The molecule has 0 nitrogen and oxygen atoms in total. The minimum atomic E-state index is 0.747. The molecule has 2 heteroatoms. The molecule has 0 aliphatic heterocycles. The highest BCUT2D eigenvalue weighted by atomic mass is 79.9. The lowest BCUT2D eigenvalue weighted by molar-refractivity contribution is 0.565. The maximum Gasteiger partial charge on any atom is 0.0145 e. The number of hydrogen-bond acceptors (Lipinski definition) is 0. The number of alkyl halides is 2. The fourth-order valence-electron chi connectivity index (χ4n) is 1.87. The van der Waals surface area contributed by atoms with Gasteiger partial charge in [-0.3, -0.25) is 0 Å². The van der Waals surface area contributed by atoms with E-state index in [-0.39, 0.29) is 0 Å². The molecule has 2 atom stereocenters. The smallest absolute Gasteiger partial charge is 0.0145 e. The molecule has 0 N–H and O–H groups in total. The molecule has 0 bridgehead atoms. The largest absolute Gasteiger partial charge is 0.0891 e. The average Bonchev–Trinajstić information content (AvgIpc) is 2.28. The Morgan fingerprint density at radius 1 is 0.688 bits per heavy atom. The Hall–Kier alpha value is 0.960. The molecule has 98 valence electrons. The van der Waals surface area contributed by atoms with Crippen LogP contribution in [0.5, 0.6) is 0 Å². The van der Waals surface area contributed by atoms with Crippen molar-refractivity contribution < 1.29 is 0 Å². The van der Waals surface area contributed by atoms with Crippen LogP contribution in [0.1, 0.15) is 78.1 Å². The van der Waals surface area contributed by atoms with Crippen LogP contribution in [0, 0.1) is 0 Å². The first kappa shape index (κ1) is 17.0. The zero-order valence-electron chi connectivity index (χ0n) is 11.0. The summed E-state index contributed by atoms with van der Waals surface area (Å²) < 4.78 is 0. The number of rotatable bonds is 11. The monoisotopic (exact) mass is 354 g/mol. The van der Waals surface area contributed by atoms with Gasteiger partial charge in [-0.05, 0) is 25.7 Å². The first-order valence-electron chi connectivity index (χ1n) is 6.98. The van der Waals surface area contributed by atoms with Crippen LogP contribution in [0.2, 0.25) is 0 Å². The van der Waals surface area contributed by atoms with Crippen LogP contribution in [0.15, 0.2) is 0 Å². The third kappa shape index (κ3) is 11.4. The van der Waals surface area contributed by atoms with E-state index in [0.717, 1.165) is 9.65 Å². The molecule has 2 unspecified atom stereocenters. The van der Waals surface area contributed by atoms with Crippen LogP contribution in [-0.4, -0.2) is 9.65 Å². The lowest BCUT2D eigenvalue weighted by atomic mass is 10.1. The van der Waals surface area contributed by atoms with Crippen molar-refractivity contribution in [3.05, 3.63) is 0 Å². The zero-order valence-corrected chi connectivity index (χ0v) is 14.2. The summed E-state index contributed by atoms with van der Waals surface area (Å²) in [5, 5.41) is 0. The van der Waals surface area contributed by atoms with E-state index in [0.29, 0.717) is 0 Å². The average molecular weight is 356 g/mol. The quantitative estimate of drug-likeness (QED) is 0.295. The Bertz CT molecular complexity index is 137. The van der Waals surface area contributed by atoms with Crippen LogP contribution in [0.4, 0.5) is 0 Å². The maximum absolute atomic E-state index is 3.79. The molecule has 0 fully saturated rings. The summed E-state index contributed by atoms with van der Waals surface area (Å²) in [4.78, 5) is 1.52. The van der Waals surface area contributed by atoms with Gasteiger partial charge in [-0.15, -0.1) is 0 Å². The van der Waals surface area contributed by atoms with Gasteiger partial charge in [0.05, 0.1) is 0 Å². The highest BCUT2D eigenvalue weighted by Gasteiger charge is 2.04. The van der Waals surface area contributed by atoms with Crippen LogP contribution in [-0.2, 0) is 0 Å². The lowest BCUT2D eigenvalue weighted by Crippen LogP contribution is -1.99. The van der Waals surface area contributed by atoms with E-state index in [4.69, 9.17) is 0 Å². The van der Waals surface area contributed by atoms with Crippen molar-refractivity contribution in [1.82, 2.24) is 0 Å². The van der Waals surface area contributed by atoms with Gasteiger partial charge in [-0.1, -0.05) is 84.2 Å². The minimum Gasteiger partial charge on any atom is -0.0891 e. The Labute approximate surface area is 119 Å². The van der Waals surface area contributed by atoms with E-state index in [1.165, 1.54) is 64.2 Å². The summed E-state index contributed by atoms with van der Waals surface area (Å²) >= 11 is 7.48. The van der Waals surface area contributed by atoms with Gasteiger partial charge < -0.3 is 0 Å². The van der Waals surface area contributed by atoms with Gasteiger partial charge in [0.25, 0.3) is 0 Å². The van der Waals surface area contributed by atoms with Crippen molar-refractivity contribution >= 4 is 31.9 Å². The zero-order chi connectivity index (χ0) is 12.2. The highest BCUT2D eigenvalue weighted by molar-refractivity contribution is 9.09. The number of unbranched alkanes of at least 4 members (excludes halogenated alkanes) is 4. The normalized spacial score (nSPS) is 15.0. The predicted octanol–water partition coefficient (Wildman–Crippen LogP) is 6.45. The first-order chi connectivity index (χ1) is 7.70. The maximum atomic E-state index is 3.79. The lowest BCUT2D eigenvalue weighted by Gasteiger charge is -2.10. The summed E-state index contributed by atoms with van der Waals surface area (Å²) in [6.07, 6.45) is 13.6. The Kier molecular flexibility index (Phi) is 13.2. The van der Waals surface area contributed by atoms with E-state index in [1.54, 1.807) is 0 Å². The molecule has 0 rings (SSSR count). The topological polar surface area (TPSA) is 0 Å². The van der Waals surface area contributed by atoms with E-state index < -0.39 is 0 Å². The van der Waals surface area contributed by atoms with Gasteiger partial charge in [-0.2, -0.15) is 0 Å². The fraction of sp³-hybridized carbons (Fsp3) is 1.00. The summed E-state index contributed by atoms with van der Waals surface area (Å²) in [5.74, 6) is 0. The summed E-state index contributed by atoms with van der Waals surface area (Å²) in [6, 6.07) is 0. The Morgan fingerprint density at radius 2 is 1.19 bits per heavy atom. The molecule has 0 aromatic heterocycles. The second-order valence-electron chi connectivity index (χ2n) is 4.74. The molecule has 16 heavy (non-hydrogen) atoms. The molecule has 0 aliphatic carbocycles. The van der Waals surface area contributed by atoms with E-state index >= 15 is 0 Å². The van der Waals surface area contributed by atoms with Gasteiger partial charge in [-0.25, -0.2) is 0 Å². The molecule has 0 aliphatic rings. The van der Waals surface area contributed by atoms with Crippen molar-refractivity contribution in [2.45, 2.75) is 87.7 Å². The minimum absolute atomic E-state index is 0.747. The van der Waals surface area contributed by atoms with Crippen LogP contribution in [0.25, 0.3) is 0 Å². The molecule has 0 aromatic carbocycles. The van der Waals surface area contributed by atoms with E-state index in [2.05, 4.69) is 45.7 Å². The molecular weight excluding hydrogens is 328 g/mol. The third-order valence-corrected chi connectivity index (χ3v) is 5.12. The summed E-state index contributed by atoms with van der Waals surface area (Å²) in [7, 11) is 0. The molecule has 0 saturated heterocycles. The Balaban J connectivity index is 3.17. The van der Waals surface area contributed by atoms with E-state index in [9.17, 15) is 0 Å². The summed E-state index contributed by atoms with van der Waals surface area (Å²) in [6.45, 7) is 4.52. The fourth-order valence-corrected chi connectivity index (χ4v) is 2.84.